The van der Waals surface area contributed by atoms with E-state index in [9.17, 15) is 9.59 Å². The first kappa shape index (κ1) is 17.2. The number of amides is 2. The minimum absolute atomic E-state index is 0.0416. The van der Waals surface area contributed by atoms with Crippen LogP contribution in [-0.4, -0.2) is 43.9 Å². The summed E-state index contributed by atoms with van der Waals surface area (Å²) in [7, 11) is 3.41. The number of hydrogen-bond donors (Lipinski definition) is 2. The molecule has 2 amide bonds. The Balaban J connectivity index is 2.59. The van der Waals surface area contributed by atoms with E-state index in [0.717, 1.165) is 12.1 Å². The number of carbonyl (C=O) groups is 2. The SMILES string of the molecule is CCNCC(C)C(=O)N(C)Cc1ccc(C(=O)NC)cc1. The molecule has 0 fully saturated rings. The Morgan fingerprint density at radius 2 is 1.86 bits per heavy atom. The summed E-state index contributed by atoms with van der Waals surface area (Å²) in [5.41, 5.74) is 1.63. The molecule has 0 heterocycles. The first-order chi connectivity index (χ1) is 9.99. The molecular formula is C16H25N3O2. The van der Waals surface area contributed by atoms with Crippen molar-refractivity contribution in [3.63, 3.8) is 0 Å². The van der Waals surface area contributed by atoms with Gasteiger partial charge in [-0.2, -0.15) is 0 Å². The van der Waals surface area contributed by atoms with E-state index in [4.69, 9.17) is 0 Å². The summed E-state index contributed by atoms with van der Waals surface area (Å²) in [4.78, 5) is 25.4. The van der Waals surface area contributed by atoms with Crippen molar-refractivity contribution < 1.29 is 9.59 Å². The monoisotopic (exact) mass is 291 g/mol. The fourth-order valence-electron chi connectivity index (χ4n) is 2.08. The highest BCUT2D eigenvalue weighted by Crippen LogP contribution is 2.09. The van der Waals surface area contributed by atoms with Gasteiger partial charge in [0, 0.05) is 38.7 Å². The lowest BCUT2D eigenvalue weighted by Gasteiger charge is -2.21. The number of rotatable bonds is 7. The Morgan fingerprint density at radius 1 is 1.24 bits per heavy atom. The molecule has 5 nitrogen and oxygen atoms in total. The molecule has 0 spiro atoms. The molecule has 5 heteroatoms. The lowest BCUT2D eigenvalue weighted by atomic mass is 10.1. The molecule has 21 heavy (non-hydrogen) atoms. The van der Waals surface area contributed by atoms with E-state index in [1.54, 1.807) is 31.1 Å². The Kier molecular flexibility index (Phi) is 6.88. The molecular weight excluding hydrogens is 266 g/mol. The van der Waals surface area contributed by atoms with Crippen LogP contribution >= 0.6 is 0 Å². The molecule has 0 saturated carbocycles. The first-order valence-corrected chi connectivity index (χ1v) is 7.26. The van der Waals surface area contributed by atoms with E-state index >= 15 is 0 Å². The Bertz CT molecular complexity index is 471. The number of nitrogens with one attached hydrogen (secondary N) is 2. The normalized spacial score (nSPS) is 11.8. The number of nitrogens with zero attached hydrogens (tertiary/aromatic N) is 1. The number of hydrogen-bond acceptors (Lipinski definition) is 3. The molecule has 0 aliphatic heterocycles. The van der Waals surface area contributed by atoms with Gasteiger partial charge in [-0.15, -0.1) is 0 Å². The zero-order valence-electron chi connectivity index (χ0n) is 13.3. The average molecular weight is 291 g/mol. The maximum Gasteiger partial charge on any atom is 0.251 e. The van der Waals surface area contributed by atoms with E-state index in [1.165, 1.54) is 0 Å². The number of benzene rings is 1. The van der Waals surface area contributed by atoms with Crippen molar-refractivity contribution in [2.45, 2.75) is 20.4 Å². The largest absolute Gasteiger partial charge is 0.355 e. The lowest BCUT2D eigenvalue weighted by Crippen LogP contribution is -2.36. The fraction of sp³-hybridized carbons (Fsp3) is 0.500. The van der Waals surface area contributed by atoms with Crippen molar-refractivity contribution in [2.75, 3.05) is 27.2 Å². The Morgan fingerprint density at radius 3 is 2.38 bits per heavy atom. The molecule has 2 N–H and O–H groups in total. The van der Waals surface area contributed by atoms with Crippen molar-refractivity contribution in [3.8, 4) is 0 Å². The molecule has 1 unspecified atom stereocenters. The quantitative estimate of drug-likeness (QED) is 0.795. The summed E-state index contributed by atoms with van der Waals surface area (Å²) in [6.45, 7) is 6.05. The van der Waals surface area contributed by atoms with Crippen molar-refractivity contribution in [1.82, 2.24) is 15.5 Å². The maximum absolute atomic E-state index is 12.2. The fourth-order valence-corrected chi connectivity index (χ4v) is 2.08. The second-order valence-electron chi connectivity index (χ2n) is 5.18. The average Bonchev–Trinajstić information content (AvgIpc) is 2.51. The third-order valence-electron chi connectivity index (χ3n) is 3.36. The molecule has 0 saturated heterocycles. The molecule has 0 radical (unpaired) electrons. The molecule has 1 aromatic carbocycles. The van der Waals surface area contributed by atoms with Crippen molar-refractivity contribution in [2.24, 2.45) is 5.92 Å². The highest BCUT2D eigenvalue weighted by molar-refractivity contribution is 5.93. The van der Waals surface area contributed by atoms with E-state index in [2.05, 4.69) is 10.6 Å². The summed E-state index contributed by atoms with van der Waals surface area (Å²) in [6, 6.07) is 7.30. The molecule has 1 rings (SSSR count). The van der Waals surface area contributed by atoms with Crippen molar-refractivity contribution >= 4 is 11.8 Å². The van der Waals surface area contributed by atoms with Crippen LogP contribution < -0.4 is 10.6 Å². The van der Waals surface area contributed by atoms with Gasteiger partial charge in [0.2, 0.25) is 5.91 Å². The molecule has 116 valence electrons. The van der Waals surface area contributed by atoms with Gasteiger partial charge in [-0.05, 0) is 24.2 Å². The highest BCUT2D eigenvalue weighted by Gasteiger charge is 2.17. The molecule has 1 atom stereocenters. The molecule has 0 aliphatic carbocycles. The van der Waals surface area contributed by atoms with E-state index in [0.29, 0.717) is 18.7 Å². The van der Waals surface area contributed by atoms with Gasteiger partial charge < -0.3 is 15.5 Å². The zero-order chi connectivity index (χ0) is 15.8. The van der Waals surface area contributed by atoms with Crippen molar-refractivity contribution in [1.29, 1.82) is 0 Å². The Hall–Kier alpha value is -1.88. The van der Waals surface area contributed by atoms with Crippen molar-refractivity contribution in [3.05, 3.63) is 35.4 Å². The van der Waals surface area contributed by atoms with Gasteiger partial charge in [0.1, 0.15) is 0 Å². The van der Waals surface area contributed by atoms with Gasteiger partial charge in [0.05, 0.1) is 0 Å². The second kappa shape index (κ2) is 8.42. The minimum atomic E-state index is -0.106. The molecule has 0 aliphatic rings. The topological polar surface area (TPSA) is 61.4 Å². The van der Waals surface area contributed by atoms with E-state index in [1.807, 2.05) is 26.0 Å². The summed E-state index contributed by atoms with van der Waals surface area (Å²) < 4.78 is 0. The van der Waals surface area contributed by atoms with Crippen LogP contribution in [-0.2, 0) is 11.3 Å². The Labute approximate surface area is 126 Å². The smallest absolute Gasteiger partial charge is 0.251 e. The molecule has 1 aromatic rings. The summed E-state index contributed by atoms with van der Waals surface area (Å²) in [5.74, 6) is -0.0309. The third-order valence-corrected chi connectivity index (χ3v) is 3.36. The van der Waals surface area contributed by atoms with Gasteiger partial charge >= 0.3 is 0 Å². The number of carbonyl (C=O) groups excluding carboxylic acids is 2. The van der Waals surface area contributed by atoms with Gasteiger partial charge in [-0.25, -0.2) is 0 Å². The summed E-state index contributed by atoms with van der Waals surface area (Å²) in [5, 5.41) is 5.77. The summed E-state index contributed by atoms with van der Waals surface area (Å²) >= 11 is 0. The first-order valence-electron chi connectivity index (χ1n) is 7.26. The highest BCUT2D eigenvalue weighted by atomic mass is 16.2. The molecule has 0 aromatic heterocycles. The molecule has 0 bridgehead atoms. The van der Waals surface area contributed by atoms with Crippen LogP contribution in [0.25, 0.3) is 0 Å². The van der Waals surface area contributed by atoms with Gasteiger partial charge in [-0.3, -0.25) is 9.59 Å². The predicted octanol–water partition coefficient (Wildman–Crippen LogP) is 1.25. The predicted molar refractivity (Wildman–Crippen MR) is 84.0 cm³/mol. The van der Waals surface area contributed by atoms with Gasteiger partial charge in [0.25, 0.3) is 5.91 Å². The van der Waals surface area contributed by atoms with Crippen LogP contribution in [0.1, 0.15) is 29.8 Å². The van der Waals surface area contributed by atoms with Gasteiger partial charge in [0.15, 0.2) is 0 Å². The van der Waals surface area contributed by atoms with Crippen LogP contribution in [0.4, 0.5) is 0 Å². The van der Waals surface area contributed by atoms with Crippen LogP contribution in [0.2, 0.25) is 0 Å². The lowest BCUT2D eigenvalue weighted by molar-refractivity contribution is -0.134. The van der Waals surface area contributed by atoms with E-state index < -0.39 is 0 Å². The minimum Gasteiger partial charge on any atom is -0.355 e. The summed E-state index contributed by atoms with van der Waals surface area (Å²) in [6.07, 6.45) is 0. The van der Waals surface area contributed by atoms with Crippen LogP contribution in [0, 0.1) is 5.92 Å². The third kappa shape index (κ3) is 5.19. The maximum atomic E-state index is 12.2. The van der Waals surface area contributed by atoms with E-state index in [-0.39, 0.29) is 17.7 Å². The van der Waals surface area contributed by atoms with Gasteiger partial charge in [-0.1, -0.05) is 26.0 Å². The van der Waals surface area contributed by atoms with Crippen LogP contribution in [0.5, 0.6) is 0 Å². The van der Waals surface area contributed by atoms with Crippen LogP contribution in [0.3, 0.4) is 0 Å². The zero-order valence-corrected chi connectivity index (χ0v) is 13.3. The second-order valence-corrected chi connectivity index (χ2v) is 5.18. The van der Waals surface area contributed by atoms with Crippen LogP contribution in [0.15, 0.2) is 24.3 Å². The standard InChI is InChI=1S/C16H25N3O2/c1-5-18-10-12(2)16(21)19(4)11-13-6-8-14(9-7-13)15(20)17-3/h6-9,12,18H,5,10-11H2,1-4H3,(H,17,20).